The maximum atomic E-state index is 4.71. The summed E-state index contributed by atoms with van der Waals surface area (Å²) in [5.74, 6) is 0. The van der Waals surface area contributed by atoms with E-state index in [2.05, 4.69) is 60.4 Å². The Morgan fingerprint density at radius 1 is 0.607 bits per heavy atom. The lowest BCUT2D eigenvalue weighted by molar-refractivity contribution is 0.605. The highest BCUT2D eigenvalue weighted by atomic mass is 14.7. The van der Waals surface area contributed by atoms with Crippen LogP contribution in [0.3, 0.4) is 0 Å². The molecule has 144 valence electrons. The van der Waals surface area contributed by atoms with Crippen LogP contribution in [0.4, 0.5) is 0 Å². The second-order valence-electron chi connectivity index (χ2n) is 7.21. The van der Waals surface area contributed by atoms with Crippen LogP contribution in [0.15, 0.2) is 79.0 Å². The molecule has 0 atom stereocenters. The summed E-state index contributed by atoms with van der Waals surface area (Å²) in [7, 11) is 0. The Labute approximate surface area is 168 Å². The number of fused-ring (bicyclic) bond motifs is 2. The first-order chi connectivity index (χ1) is 13.9. The van der Waals surface area contributed by atoms with Crippen LogP contribution < -0.4 is 0 Å². The molecule has 2 aromatic heterocycles. The van der Waals surface area contributed by atoms with Crippen molar-refractivity contribution in [3.05, 3.63) is 84.7 Å². The lowest BCUT2D eigenvalue weighted by atomic mass is 10.1. The number of pyridine rings is 2. The molecule has 4 aromatic rings. The summed E-state index contributed by atoms with van der Waals surface area (Å²) >= 11 is 0. The third-order valence-corrected chi connectivity index (χ3v) is 4.95. The molecule has 0 amide bonds. The maximum Gasteiger partial charge on any atom is 0.0705 e. The van der Waals surface area contributed by atoms with Gasteiger partial charge in [0.15, 0.2) is 0 Å². The molecule has 4 rings (SSSR count). The van der Waals surface area contributed by atoms with Crippen LogP contribution in [0.25, 0.3) is 21.8 Å². The smallest absolute Gasteiger partial charge is 0.0705 e. The Kier molecular flexibility index (Phi) is 7.99. The Hall–Kier alpha value is -2.74. The van der Waals surface area contributed by atoms with Crippen molar-refractivity contribution < 1.29 is 0 Å². The Morgan fingerprint density at radius 2 is 1.25 bits per heavy atom. The molecule has 0 saturated carbocycles. The minimum Gasteiger partial charge on any atom is -0.256 e. The van der Waals surface area contributed by atoms with Crippen LogP contribution in [-0.2, 0) is 6.42 Å². The van der Waals surface area contributed by atoms with E-state index in [9.17, 15) is 0 Å². The van der Waals surface area contributed by atoms with Gasteiger partial charge >= 0.3 is 0 Å². The van der Waals surface area contributed by atoms with Crippen molar-refractivity contribution in [3.8, 4) is 0 Å². The molecule has 0 N–H and O–H groups in total. The van der Waals surface area contributed by atoms with Gasteiger partial charge in [-0.2, -0.15) is 0 Å². The van der Waals surface area contributed by atoms with Gasteiger partial charge in [0.05, 0.1) is 11.0 Å². The summed E-state index contributed by atoms with van der Waals surface area (Å²) < 4.78 is 0. The largest absolute Gasteiger partial charge is 0.256 e. The highest BCUT2D eigenvalue weighted by Crippen LogP contribution is 2.14. The lowest BCUT2D eigenvalue weighted by Crippen LogP contribution is -1.91. The quantitative estimate of drug-likeness (QED) is 0.317. The summed E-state index contributed by atoms with van der Waals surface area (Å²) in [5, 5.41) is 2.44. The predicted molar refractivity (Wildman–Crippen MR) is 121 cm³/mol. The Balaban J connectivity index is 0.000000188. The molecule has 2 heteroatoms. The van der Waals surface area contributed by atoms with E-state index >= 15 is 0 Å². The molecule has 0 radical (unpaired) electrons. The fourth-order valence-corrected chi connectivity index (χ4v) is 3.35. The van der Waals surface area contributed by atoms with Crippen molar-refractivity contribution >= 4 is 21.8 Å². The number of rotatable bonds is 7. The highest BCUT2D eigenvalue weighted by molar-refractivity contribution is 5.78. The van der Waals surface area contributed by atoms with E-state index < -0.39 is 0 Å². The number of hydrogen-bond donors (Lipinski definition) is 0. The number of aromatic nitrogens is 2. The minimum atomic E-state index is 1.06. The summed E-state index contributed by atoms with van der Waals surface area (Å²) in [6.07, 6.45) is 11.0. The molecule has 0 spiro atoms. The van der Waals surface area contributed by atoms with Crippen molar-refractivity contribution in [2.24, 2.45) is 0 Å². The Bertz CT molecular complexity index is 912. The number of aryl methyl sites for hydroxylation is 1. The molecular formula is C26H30N2. The number of unbranched alkanes of at least 4 members (excludes halogenated alkanes) is 5. The number of benzene rings is 2. The molecule has 0 aliphatic rings. The molecule has 28 heavy (non-hydrogen) atoms. The van der Waals surface area contributed by atoms with Gasteiger partial charge in [-0.25, -0.2) is 0 Å². The second-order valence-corrected chi connectivity index (χ2v) is 7.21. The van der Waals surface area contributed by atoms with E-state index in [4.69, 9.17) is 4.98 Å². The topological polar surface area (TPSA) is 25.8 Å². The third kappa shape index (κ3) is 6.16. The van der Waals surface area contributed by atoms with Gasteiger partial charge in [0.1, 0.15) is 0 Å². The summed E-state index contributed by atoms with van der Waals surface area (Å²) in [5.41, 5.74) is 3.43. The normalized spacial score (nSPS) is 10.6. The zero-order valence-electron chi connectivity index (χ0n) is 16.8. The fraction of sp³-hybridized carbons (Fsp3) is 0.308. The fourth-order valence-electron chi connectivity index (χ4n) is 3.35. The molecule has 0 fully saturated rings. The molecule has 0 saturated heterocycles. The first-order valence-corrected chi connectivity index (χ1v) is 10.5. The van der Waals surface area contributed by atoms with Crippen LogP contribution in [0, 0.1) is 0 Å². The van der Waals surface area contributed by atoms with Crippen LogP contribution in [0.2, 0.25) is 0 Å². The van der Waals surface area contributed by atoms with Crippen molar-refractivity contribution in [2.45, 2.75) is 51.9 Å². The van der Waals surface area contributed by atoms with Gasteiger partial charge in [-0.1, -0.05) is 87.6 Å². The van der Waals surface area contributed by atoms with Crippen LogP contribution >= 0.6 is 0 Å². The molecule has 2 aromatic carbocycles. The summed E-state index contributed by atoms with van der Waals surface area (Å²) in [4.78, 5) is 8.89. The van der Waals surface area contributed by atoms with Crippen molar-refractivity contribution in [3.63, 3.8) is 0 Å². The third-order valence-electron chi connectivity index (χ3n) is 4.95. The van der Waals surface area contributed by atoms with Gasteiger partial charge in [-0.15, -0.1) is 0 Å². The molecule has 0 aliphatic heterocycles. The van der Waals surface area contributed by atoms with Crippen molar-refractivity contribution in [2.75, 3.05) is 0 Å². The maximum absolute atomic E-state index is 4.71. The van der Waals surface area contributed by atoms with Gasteiger partial charge < -0.3 is 0 Å². The summed E-state index contributed by atoms with van der Waals surface area (Å²) in [6.45, 7) is 2.26. The second kappa shape index (κ2) is 11.2. The van der Waals surface area contributed by atoms with Gasteiger partial charge in [-0.05, 0) is 37.1 Å². The molecule has 0 aliphatic carbocycles. The lowest BCUT2D eigenvalue weighted by Gasteiger charge is -2.03. The van der Waals surface area contributed by atoms with E-state index in [0.717, 1.165) is 17.5 Å². The molecule has 0 bridgehead atoms. The molecule has 0 unspecified atom stereocenters. The molecular weight excluding hydrogens is 340 g/mol. The SMILES string of the molecule is CCCCCCCCc1ccc2ccccc2n1.c1ccc2ncccc2c1. The highest BCUT2D eigenvalue weighted by Gasteiger charge is 1.98. The number of nitrogens with zero attached hydrogens (tertiary/aromatic N) is 2. The van der Waals surface area contributed by atoms with Gasteiger partial charge in [-0.3, -0.25) is 9.97 Å². The average molecular weight is 371 g/mol. The van der Waals surface area contributed by atoms with Gasteiger partial charge in [0, 0.05) is 22.7 Å². The van der Waals surface area contributed by atoms with Crippen LogP contribution in [0.1, 0.15) is 51.1 Å². The molecule has 2 heterocycles. The Morgan fingerprint density at radius 3 is 2.04 bits per heavy atom. The van der Waals surface area contributed by atoms with E-state index in [1.807, 2.05) is 30.5 Å². The van der Waals surface area contributed by atoms with Gasteiger partial charge in [0.2, 0.25) is 0 Å². The zero-order chi connectivity index (χ0) is 19.4. The van der Waals surface area contributed by atoms with Crippen molar-refractivity contribution in [1.82, 2.24) is 9.97 Å². The van der Waals surface area contributed by atoms with E-state index in [0.29, 0.717) is 0 Å². The van der Waals surface area contributed by atoms with Crippen molar-refractivity contribution in [1.29, 1.82) is 0 Å². The monoisotopic (exact) mass is 370 g/mol. The number of para-hydroxylation sites is 2. The predicted octanol–water partition coefficient (Wildman–Crippen LogP) is 7.37. The first-order valence-electron chi connectivity index (χ1n) is 10.5. The van der Waals surface area contributed by atoms with E-state index in [1.54, 1.807) is 0 Å². The molecule has 2 nitrogen and oxygen atoms in total. The van der Waals surface area contributed by atoms with Crippen LogP contribution in [-0.4, -0.2) is 9.97 Å². The van der Waals surface area contributed by atoms with Crippen LogP contribution in [0.5, 0.6) is 0 Å². The average Bonchev–Trinajstić information content (AvgIpc) is 2.76. The van der Waals surface area contributed by atoms with Gasteiger partial charge in [0.25, 0.3) is 0 Å². The van der Waals surface area contributed by atoms with E-state index in [1.165, 1.54) is 55.0 Å². The summed E-state index contributed by atoms with van der Waals surface area (Å²) in [6, 6.07) is 24.8. The zero-order valence-corrected chi connectivity index (χ0v) is 16.8. The minimum absolute atomic E-state index is 1.06. The number of hydrogen-bond acceptors (Lipinski definition) is 2. The standard InChI is InChI=1S/C17H23N.C9H7N/c1-2-3-4-5-6-7-11-16-14-13-15-10-8-9-12-17(15)18-16;1-2-6-9-8(4-1)5-3-7-10-9/h8-10,12-14H,2-7,11H2,1H3;1-7H. The first kappa shape index (κ1) is 20.0. The van der Waals surface area contributed by atoms with E-state index in [-0.39, 0.29) is 0 Å².